The predicted octanol–water partition coefficient (Wildman–Crippen LogP) is 10.8. The topological polar surface area (TPSA) is 107 Å². The summed E-state index contributed by atoms with van der Waals surface area (Å²) in [7, 11) is 4.88. The van der Waals surface area contributed by atoms with E-state index < -0.39 is 10.8 Å². The summed E-state index contributed by atoms with van der Waals surface area (Å²) >= 11 is 15.0. The van der Waals surface area contributed by atoms with Crippen molar-refractivity contribution in [2.45, 2.75) is 75.2 Å². The van der Waals surface area contributed by atoms with Gasteiger partial charge in [0.15, 0.2) is 0 Å². The van der Waals surface area contributed by atoms with Crippen molar-refractivity contribution in [3.63, 3.8) is 0 Å². The Balaban J connectivity index is 0.000000156. The number of benzene rings is 4. The first-order chi connectivity index (χ1) is 36.6. The molecular weight excluding hydrogens is 1020 g/mol. The summed E-state index contributed by atoms with van der Waals surface area (Å²) in [5.41, 5.74) is 6.82. The van der Waals surface area contributed by atoms with E-state index in [1.54, 1.807) is 18.9 Å². The highest BCUT2D eigenvalue weighted by Gasteiger charge is 2.45. The van der Waals surface area contributed by atoms with Crippen LogP contribution in [0.15, 0.2) is 96.8 Å². The van der Waals surface area contributed by atoms with Crippen molar-refractivity contribution in [3.05, 3.63) is 129 Å². The molecule has 0 aliphatic carbocycles. The quantitative estimate of drug-likeness (QED) is 0.0966. The number of ether oxygens (including phenoxy) is 2. The zero-order chi connectivity index (χ0) is 52.1. The van der Waals surface area contributed by atoms with Crippen LogP contribution in [-0.4, -0.2) is 137 Å². The molecule has 0 bridgehead atoms. The van der Waals surface area contributed by atoms with E-state index in [-0.39, 0.29) is 10.8 Å². The summed E-state index contributed by atoms with van der Waals surface area (Å²) in [6.07, 6.45) is 9.45. The highest BCUT2D eigenvalue weighted by atomic mass is 35.5. The molecule has 1 unspecified atom stereocenters. The third kappa shape index (κ3) is 11.6. The van der Waals surface area contributed by atoms with Crippen molar-refractivity contribution in [1.82, 2.24) is 29.7 Å². The van der Waals surface area contributed by atoms with Crippen LogP contribution in [0.4, 0.5) is 23.0 Å². The van der Waals surface area contributed by atoms with Crippen molar-refractivity contribution in [1.29, 1.82) is 0 Å². The first-order valence-corrected chi connectivity index (χ1v) is 29.6. The van der Waals surface area contributed by atoms with Gasteiger partial charge in [0.2, 0.25) is 0 Å². The van der Waals surface area contributed by atoms with Gasteiger partial charge in [0.05, 0.1) is 63.2 Å². The molecule has 0 amide bonds. The second kappa shape index (κ2) is 24.0. The molecule has 1 atom stereocenters. The predicted molar refractivity (Wildman–Crippen MR) is 313 cm³/mol. The van der Waals surface area contributed by atoms with Crippen LogP contribution in [0.25, 0.3) is 21.5 Å². The molecule has 75 heavy (non-hydrogen) atoms. The number of hydrogen-bond acceptors (Lipinski definition) is 14. The Bertz CT molecular complexity index is 3020. The van der Waals surface area contributed by atoms with E-state index in [4.69, 9.17) is 42.6 Å². The standard InChI is InChI=1S/C30H36ClN5OS.C23H23ClN4O2S.C5H11N/c1-3-38-19-18-34(2)28-23-12-17-35(26-11-5-9-22-8-4-10-24(31)27(22)26)20-25(23)32-29(33-28)37-21-30-13-6-15-36(30)16-7-14-30;1-3-31(29)16-12-28(13-16)22-17-10-11-27(14-19(17)25-23(26-22)30-2)20-9-5-7-15-6-4-8-18(24)21(15)20;1-6-4-2-3-5-6/h3-5,8-11H,1,6-7,12-21H2,2H3;3-9,16H,1,10-14H2,2H3;2-5H2,1H3. The number of thioether (sulfide) groups is 1. The zero-order valence-corrected chi connectivity index (χ0v) is 46.8. The van der Waals surface area contributed by atoms with Gasteiger partial charge in [-0.15, -0.1) is 11.8 Å². The number of methoxy groups -OCH3 is 1. The Morgan fingerprint density at radius 3 is 1.88 bits per heavy atom. The van der Waals surface area contributed by atoms with E-state index in [1.807, 2.05) is 29.7 Å². The summed E-state index contributed by atoms with van der Waals surface area (Å²) in [6, 6.07) is 25.6. The third-order valence-corrected chi connectivity index (χ3v) is 18.4. The van der Waals surface area contributed by atoms with Gasteiger partial charge in [-0.2, -0.15) is 19.9 Å². The minimum absolute atomic E-state index is 0.104. The van der Waals surface area contributed by atoms with Crippen LogP contribution >= 0.6 is 35.0 Å². The Morgan fingerprint density at radius 1 is 0.747 bits per heavy atom. The van der Waals surface area contributed by atoms with Gasteiger partial charge < -0.3 is 34.0 Å². The van der Waals surface area contributed by atoms with Gasteiger partial charge in [0, 0.05) is 78.8 Å². The SMILES string of the molecule is C=CS(=O)C1CN(c2nc(OC)nc3c2CCN(c2cccc4cccc(Cl)c24)C3)C1.C=CSCCN(C)c1nc(OCC23CCCN2CCC3)nc2c1CCN(c1cccc3cccc(Cl)c13)C2.CN1CCCC1. The number of hydrogen-bond donors (Lipinski definition) is 0. The van der Waals surface area contributed by atoms with Crippen molar-refractivity contribution < 1.29 is 13.7 Å². The summed E-state index contributed by atoms with van der Waals surface area (Å²) in [5.74, 6) is 2.86. The monoisotopic (exact) mass is 1090 g/mol. The number of anilines is 4. The molecule has 4 saturated heterocycles. The molecule has 4 fully saturated rings. The molecule has 8 heterocycles. The van der Waals surface area contributed by atoms with Crippen molar-refractivity contribution in [3.8, 4) is 12.0 Å². The largest absolute Gasteiger partial charge is 0.467 e. The maximum absolute atomic E-state index is 12.0. The molecule has 6 aliphatic rings. The molecule has 0 spiro atoms. The normalized spacial score (nSPS) is 18.5. The summed E-state index contributed by atoms with van der Waals surface area (Å²) in [5, 5.41) is 9.51. The lowest BCUT2D eigenvalue weighted by Gasteiger charge is -2.41. The minimum atomic E-state index is -1.01. The van der Waals surface area contributed by atoms with Crippen LogP contribution in [0.2, 0.25) is 10.0 Å². The number of halogens is 2. The van der Waals surface area contributed by atoms with Gasteiger partial charge >= 0.3 is 12.0 Å². The van der Waals surface area contributed by atoms with Gasteiger partial charge in [0.25, 0.3) is 0 Å². The Kier molecular flexibility index (Phi) is 17.1. The van der Waals surface area contributed by atoms with Crippen molar-refractivity contribution in [2.24, 2.45) is 0 Å². The smallest absolute Gasteiger partial charge is 0.318 e. The lowest BCUT2D eigenvalue weighted by Crippen LogP contribution is -2.53. The van der Waals surface area contributed by atoms with Crippen LogP contribution < -0.4 is 29.1 Å². The van der Waals surface area contributed by atoms with E-state index in [2.05, 4.69) is 115 Å². The van der Waals surface area contributed by atoms with E-state index in [0.717, 1.165) is 110 Å². The van der Waals surface area contributed by atoms with Crippen molar-refractivity contribution >= 4 is 90.3 Å². The second-order valence-corrected chi connectivity index (χ2v) is 24.0. The van der Waals surface area contributed by atoms with E-state index in [1.165, 1.54) is 75.7 Å². The van der Waals surface area contributed by atoms with Crippen LogP contribution in [0.5, 0.6) is 12.0 Å². The molecule has 0 saturated carbocycles. The third-order valence-electron chi connectivity index (χ3n) is 15.8. The first kappa shape index (κ1) is 53.2. The van der Waals surface area contributed by atoms with Crippen LogP contribution in [0.1, 0.15) is 61.0 Å². The van der Waals surface area contributed by atoms with E-state index in [0.29, 0.717) is 44.8 Å². The van der Waals surface area contributed by atoms with Crippen LogP contribution in [-0.2, 0) is 36.7 Å². The number of fused-ring (bicyclic) bond motifs is 5. The molecule has 17 heteroatoms. The molecule has 12 rings (SSSR count). The molecule has 0 N–H and O–H groups in total. The molecule has 0 radical (unpaired) electrons. The van der Waals surface area contributed by atoms with Gasteiger partial charge in [-0.05, 0) is 130 Å². The Morgan fingerprint density at radius 2 is 1.32 bits per heavy atom. The van der Waals surface area contributed by atoms with Gasteiger partial charge in [-0.3, -0.25) is 9.11 Å². The van der Waals surface area contributed by atoms with Crippen molar-refractivity contribution in [2.75, 3.05) is 112 Å². The number of nitrogens with zero attached hydrogens (tertiary/aromatic N) is 10. The Hall–Kier alpha value is -5.16. The van der Waals surface area contributed by atoms with Gasteiger partial charge in [-0.25, -0.2) is 0 Å². The lowest BCUT2D eigenvalue weighted by molar-refractivity contribution is 0.107. The van der Waals surface area contributed by atoms with Gasteiger partial charge in [-0.1, -0.05) is 84.9 Å². The fraction of sp³-hybridized carbons (Fsp3) is 0.448. The highest BCUT2D eigenvalue weighted by Crippen LogP contribution is 2.41. The fourth-order valence-corrected chi connectivity index (χ4v) is 13.8. The summed E-state index contributed by atoms with van der Waals surface area (Å²) < 4.78 is 23.9. The maximum Gasteiger partial charge on any atom is 0.318 e. The molecule has 396 valence electrons. The van der Waals surface area contributed by atoms with E-state index >= 15 is 0 Å². The van der Waals surface area contributed by atoms with Crippen LogP contribution in [0, 0.1) is 0 Å². The molecule has 6 aliphatic heterocycles. The minimum Gasteiger partial charge on any atom is -0.467 e. The molecular formula is C58H70Cl2N10O3S2. The highest BCUT2D eigenvalue weighted by molar-refractivity contribution is 8.02. The lowest BCUT2D eigenvalue weighted by atomic mass is 9.95. The zero-order valence-electron chi connectivity index (χ0n) is 43.7. The Labute approximate surface area is 459 Å². The van der Waals surface area contributed by atoms with Crippen LogP contribution in [0.3, 0.4) is 0 Å². The maximum atomic E-state index is 12.0. The fourth-order valence-electron chi connectivity index (χ4n) is 11.8. The second-order valence-electron chi connectivity index (χ2n) is 20.5. The molecule has 13 nitrogen and oxygen atoms in total. The molecule has 4 aromatic carbocycles. The summed E-state index contributed by atoms with van der Waals surface area (Å²) in [6.45, 7) is 18.6. The molecule has 6 aromatic rings. The number of aromatic nitrogens is 4. The number of likely N-dealkylation sites (tertiary alicyclic amines) is 1. The first-order valence-electron chi connectivity index (χ1n) is 26.5. The summed E-state index contributed by atoms with van der Waals surface area (Å²) in [4.78, 5) is 33.5. The average Bonchev–Trinajstić information content (AvgIpc) is 4.19. The van der Waals surface area contributed by atoms with Gasteiger partial charge in [0.1, 0.15) is 18.2 Å². The molecule has 2 aromatic heterocycles. The average molecular weight is 1090 g/mol. The van der Waals surface area contributed by atoms with E-state index in [9.17, 15) is 4.21 Å². The number of rotatable bonds is 14.